The number of para-hydroxylation sites is 1. The van der Waals surface area contributed by atoms with Gasteiger partial charge in [0.1, 0.15) is 0 Å². The van der Waals surface area contributed by atoms with Gasteiger partial charge in [-0.05, 0) is 25.0 Å². The third kappa shape index (κ3) is 3.96. The van der Waals surface area contributed by atoms with E-state index in [1.807, 2.05) is 31.3 Å². The van der Waals surface area contributed by atoms with Gasteiger partial charge >= 0.3 is 0 Å². The summed E-state index contributed by atoms with van der Waals surface area (Å²) in [5.74, 6) is -0.0556. The Bertz CT molecular complexity index is 414. The van der Waals surface area contributed by atoms with E-state index in [9.17, 15) is 4.79 Å². The standard InChI is InChI=1S/C15H22N2O2/c1-16-14-9-5-4-8-13(14)15(18)17-10-11-19-12-6-2-3-7-12/h4-5,8-9,12,16H,2-3,6-7,10-11H2,1H3,(H,17,18). The molecule has 1 amide bonds. The number of nitrogens with one attached hydrogen (secondary N) is 2. The molecule has 0 unspecified atom stereocenters. The zero-order valence-electron chi connectivity index (χ0n) is 11.4. The van der Waals surface area contributed by atoms with E-state index in [1.165, 1.54) is 12.8 Å². The molecule has 1 aliphatic carbocycles. The van der Waals surface area contributed by atoms with Crippen LogP contribution in [0.4, 0.5) is 5.69 Å². The number of ether oxygens (including phenoxy) is 1. The Kier molecular flexibility index (Phi) is 5.21. The highest BCUT2D eigenvalue weighted by Crippen LogP contribution is 2.20. The molecule has 0 saturated heterocycles. The second kappa shape index (κ2) is 7.14. The van der Waals surface area contributed by atoms with Crippen molar-refractivity contribution in [2.24, 2.45) is 0 Å². The Morgan fingerprint density at radius 1 is 1.32 bits per heavy atom. The summed E-state index contributed by atoms with van der Waals surface area (Å²) in [5, 5.41) is 5.91. The van der Waals surface area contributed by atoms with Crippen LogP contribution in [-0.2, 0) is 4.74 Å². The fraction of sp³-hybridized carbons (Fsp3) is 0.533. The summed E-state index contributed by atoms with van der Waals surface area (Å²) in [5.41, 5.74) is 1.52. The van der Waals surface area contributed by atoms with Gasteiger partial charge in [0.2, 0.25) is 0 Å². The van der Waals surface area contributed by atoms with Gasteiger partial charge in [-0.1, -0.05) is 25.0 Å². The highest BCUT2D eigenvalue weighted by molar-refractivity contribution is 5.99. The van der Waals surface area contributed by atoms with Crippen LogP contribution >= 0.6 is 0 Å². The van der Waals surface area contributed by atoms with Crippen LogP contribution in [0.3, 0.4) is 0 Å². The molecule has 0 aliphatic heterocycles. The van der Waals surface area contributed by atoms with Gasteiger partial charge in [0.15, 0.2) is 0 Å². The minimum absolute atomic E-state index is 0.0556. The monoisotopic (exact) mass is 262 g/mol. The first kappa shape index (κ1) is 13.9. The number of carbonyl (C=O) groups excluding carboxylic acids is 1. The molecule has 1 aromatic rings. The highest BCUT2D eigenvalue weighted by Gasteiger charge is 2.15. The lowest BCUT2D eigenvalue weighted by Crippen LogP contribution is -2.28. The predicted octanol–water partition coefficient (Wildman–Crippen LogP) is 2.42. The van der Waals surface area contributed by atoms with Crippen molar-refractivity contribution >= 4 is 11.6 Å². The molecule has 0 atom stereocenters. The van der Waals surface area contributed by atoms with E-state index < -0.39 is 0 Å². The lowest BCUT2D eigenvalue weighted by atomic mass is 10.1. The van der Waals surface area contributed by atoms with Crippen molar-refractivity contribution < 1.29 is 9.53 Å². The average molecular weight is 262 g/mol. The lowest BCUT2D eigenvalue weighted by molar-refractivity contribution is 0.0582. The van der Waals surface area contributed by atoms with Crippen molar-refractivity contribution in [1.29, 1.82) is 0 Å². The summed E-state index contributed by atoms with van der Waals surface area (Å²) in [6, 6.07) is 7.49. The van der Waals surface area contributed by atoms with Crippen molar-refractivity contribution in [3.63, 3.8) is 0 Å². The van der Waals surface area contributed by atoms with Gasteiger partial charge in [0.05, 0.1) is 18.3 Å². The maximum atomic E-state index is 12.0. The minimum Gasteiger partial charge on any atom is -0.387 e. The molecule has 1 fully saturated rings. The van der Waals surface area contributed by atoms with E-state index in [4.69, 9.17) is 4.74 Å². The first-order valence-electron chi connectivity index (χ1n) is 6.98. The van der Waals surface area contributed by atoms with Crippen LogP contribution in [0.15, 0.2) is 24.3 Å². The molecule has 0 spiro atoms. The fourth-order valence-corrected chi connectivity index (χ4v) is 2.44. The molecular formula is C15H22N2O2. The first-order chi connectivity index (χ1) is 9.31. The molecule has 104 valence electrons. The topological polar surface area (TPSA) is 50.4 Å². The van der Waals surface area contributed by atoms with Crippen molar-refractivity contribution in [1.82, 2.24) is 5.32 Å². The maximum absolute atomic E-state index is 12.0. The zero-order chi connectivity index (χ0) is 13.5. The largest absolute Gasteiger partial charge is 0.387 e. The number of hydrogen-bond acceptors (Lipinski definition) is 3. The smallest absolute Gasteiger partial charge is 0.253 e. The normalized spacial score (nSPS) is 15.4. The van der Waals surface area contributed by atoms with Gasteiger partial charge < -0.3 is 15.4 Å². The van der Waals surface area contributed by atoms with Crippen LogP contribution < -0.4 is 10.6 Å². The van der Waals surface area contributed by atoms with E-state index >= 15 is 0 Å². The van der Waals surface area contributed by atoms with Crippen molar-refractivity contribution in [2.75, 3.05) is 25.5 Å². The number of anilines is 1. The molecule has 0 bridgehead atoms. The Morgan fingerprint density at radius 3 is 2.79 bits per heavy atom. The van der Waals surface area contributed by atoms with Crippen molar-refractivity contribution in [3.8, 4) is 0 Å². The molecule has 4 nitrogen and oxygen atoms in total. The number of benzene rings is 1. The van der Waals surface area contributed by atoms with Crippen molar-refractivity contribution in [3.05, 3.63) is 29.8 Å². The SMILES string of the molecule is CNc1ccccc1C(=O)NCCOC1CCCC1. The van der Waals surface area contributed by atoms with Crippen LogP contribution in [0.2, 0.25) is 0 Å². The summed E-state index contributed by atoms with van der Waals surface area (Å²) in [7, 11) is 1.81. The average Bonchev–Trinajstić information content (AvgIpc) is 2.96. The molecule has 0 radical (unpaired) electrons. The summed E-state index contributed by atoms with van der Waals surface area (Å²) in [6.07, 6.45) is 5.27. The summed E-state index contributed by atoms with van der Waals surface area (Å²) in [4.78, 5) is 12.0. The van der Waals surface area contributed by atoms with Gasteiger partial charge in [0, 0.05) is 19.3 Å². The second-order valence-electron chi connectivity index (χ2n) is 4.83. The quantitative estimate of drug-likeness (QED) is 0.774. The fourth-order valence-electron chi connectivity index (χ4n) is 2.44. The van der Waals surface area contributed by atoms with E-state index in [0.717, 1.165) is 18.5 Å². The van der Waals surface area contributed by atoms with Gasteiger partial charge in [-0.3, -0.25) is 4.79 Å². The van der Waals surface area contributed by atoms with E-state index in [0.29, 0.717) is 24.8 Å². The summed E-state index contributed by atoms with van der Waals surface area (Å²) >= 11 is 0. The lowest BCUT2D eigenvalue weighted by Gasteiger charge is -2.12. The molecule has 19 heavy (non-hydrogen) atoms. The molecule has 0 heterocycles. The molecule has 2 N–H and O–H groups in total. The number of carbonyl (C=O) groups is 1. The molecule has 1 aliphatic rings. The van der Waals surface area contributed by atoms with Crippen LogP contribution in [-0.4, -0.2) is 32.2 Å². The van der Waals surface area contributed by atoms with E-state index in [1.54, 1.807) is 0 Å². The Morgan fingerprint density at radius 2 is 2.05 bits per heavy atom. The third-order valence-electron chi connectivity index (χ3n) is 3.48. The van der Waals surface area contributed by atoms with Gasteiger partial charge in [-0.2, -0.15) is 0 Å². The summed E-state index contributed by atoms with van der Waals surface area (Å²) in [6.45, 7) is 1.16. The third-order valence-corrected chi connectivity index (χ3v) is 3.48. The molecular weight excluding hydrogens is 240 g/mol. The van der Waals surface area contributed by atoms with Crippen LogP contribution in [0, 0.1) is 0 Å². The number of rotatable bonds is 6. The Hall–Kier alpha value is -1.55. The highest BCUT2D eigenvalue weighted by atomic mass is 16.5. The van der Waals surface area contributed by atoms with Crippen molar-refractivity contribution in [2.45, 2.75) is 31.8 Å². The molecule has 1 saturated carbocycles. The molecule has 0 aromatic heterocycles. The van der Waals surface area contributed by atoms with E-state index in [-0.39, 0.29) is 5.91 Å². The molecule has 4 heteroatoms. The van der Waals surface area contributed by atoms with E-state index in [2.05, 4.69) is 10.6 Å². The molecule has 2 rings (SSSR count). The number of amides is 1. The minimum atomic E-state index is -0.0556. The zero-order valence-corrected chi connectivity index (χ0v) is 11.4. The summed E-state index contributed by atoms with van der Waals surface area (Å²) < 4.78 is 5.72. The van der Waals surface area contributed by atoms with Gasteiger partial charge in [-0.15, -0.1) is 0 Å². The number of hydrogen-bond donors (Lipinski definition) is 2. The first-order valence-corrected chi connectivity index (χ1v) is 6.98. The van der Waals surface area contributed by atoms with Crippen LogP contribution in [0.25, 0.3) is 0 Å². The van der Waals surface area contributed by atoms with Gasteiger partial charge in [0.25, 0.3) is 5.91 Å². The van der Waals surface area contributed by atoms with Crippen LogP contribution in [0.5, 0.6) is 0 Å². The molecule has 1 aromatic carbocycles. The Balaban J connectivity index is 1.74. The second-order valence-corrected chi connectivity index (χ2v) is 4.83. The van der Waals surface area contributed by atoms with Crippen LogP contribution in [0.1, 0.15) is 36.0 Å². The maximum Gasteiger partial charge on any atom is 0.253 e. The predicted molar refractivity (Wildman–Crippen MR) is 76.5 cm³/mol. The Labute approximate surface area is 114 Å². The van der Waals surface area contributed by atoms with Gasteiger partial charge in [-0.25, -0.2) is 0 Å².